The Morgan fingerprint density at radius 1 is 1.11 bits per heavy atom. The molecule has 2 aromatic heterocycles. The number of piperazine rings is 1. The predicted molar refractivity (Wildman–Crippen MR) is 117 cm³/mol. The average Bonchev–Trinajstić information content (AvgIpc) is 3.38. The zero-order valence-electron chi connectivity index (χ0n) is 15.9. The molecule has 0 saturated carbocycles. The lowest BCUT2D eigenvalue weighted by Gasteiger charge is -2.34. The van der Waals surface area contributed by atoms with Gasteiger partial charge in [-0.3, -0.25) is 0 Å². The molecule has 0 bridgehead atoms. The summed E-state index contributed by atoms with van der Waals surface area (Å²) in [6.07, 6.45) is 5.04. The number of anilines is 3. The first-order valence-corrected chi connectivity index (χ1v) is 10.6. The van der Waals surface area contributed by atoms with Crippen LogP contribution in [0.5, 0.6) is 0 Å². The average molecular weight is 390 g/mol. The van der Waals surface area contributed by atoms with E-state index in [0.717, 1.165) is 44.0 Å². The number of aromatic nitrogens is 2. The molecule has 1 aromatic carbocycles. The van der Waals surface area contributed by atoms with E-state index in [1.165, 1.54) is 22.4 Å². The Bertz CT molecular complexity index is 1000. The fourth-order valence-corrected chi connectivity index (χ4v) is 4.45. The molecule has 142 valence electrons. The van der Waals surface area contributed by atoms with Crippen LogP contribution >= 0.6 is 11.3 Å². The van der Waals surface area contributed by atoms with E-state index in [2.05, 4.69) is 74.3 Å². The van der Waals surface area contributed by atoms with Gasteiger partial charge in [-0.1, -0.05) is 6.07 Å². The van der Waals surface area contributed by atoms with Crippen LogP contribution in [0.2, 0.25) is 0 Å². The van der Waals surface area contributed by atoms with Crippen molar-refractivity contribution in [1.82, 2.24) is 14.9 Å². The lowest BCUT2D eigenvalue weighted by atomic mass is 10.1. The third-order valence-electron chi connectivity index (χ3n) is 5.45. The minimum absolute atomic E-state index is 0.650. The number of benzene rings is 1. The highest BCUT2D eigenvalue weighted by molar-refractivity contribution is 7.08. The first-order chi connectivity index (χ1) is 13.7. The summed E-state index contributed by atoms with van der Waals surface area (Å²) in [5.74, 6) is 0.650. The van der Waals surface area contributed by atoms with Crippen molar-refractivity contribution in [3.8, 4) is 0 Å². The van der Waals surface area contributed by atoms with Gasteiger partial charge in [-0.25, -0.2) is 9.97 Å². The van der Waals surface area contributed by atoms with E-state index in [1.807, 2.05) is 6.20 Å². The summed E-state index contributed by atoms with van der Waals surface area (Å²) in [4.78, 5) is 14.1. The largest absolute Gasteiger partial charge is 0.369 e. The molecule has 0 atom stereocenters. The number of allylic oxidation sites excluding steroid dienone is 1. The minimum atomic E-state index is 0.650. The summed E-state index contributed by atoms with van der Waals surface area (Å²) in [5, 5.41) is 7.69. The number of rotatable bonds is 4. The van der Waals surface area contributed by atoms with Gasteiger partial charge in [-0.2, -0.15) is 11.3 Å². The van der Waals surface area contributed by atoms with Crippen molar-refractivity contribution >= 4 is 40.3 Å². The van der Waals surface area contributed by atoms with Crippen molar-refractivity contribution in [1.29, 1.82) is 0 Å². The molecule has 1 N–H and O–H groups in total. The third-order valence-corrected chi connectivity index (χ3v) is 6.14. The van der Waals surface area contributed by atoms with E-state index < -0.39 is 0 Å². The molecule has 3 aromatic rings. The van der Waals surface area contributed by atoms with E-state index in [-0.39, 0.29) is 0 Å². The van der Waals surface area contributed by atoms with Crippen LogP contribution in [0, 0.1) is 0 Å². The van der Waals surface area contributed by atoms with Crippen LogP contribution in [0.3, 0.4) is 0 Å². The molecular formula is C22H23N5S. The van der Waals surface area contributed by atoms with Gasteiger partial charge in [0.1, 0.15) is 0 Å². The zero-order chi connectivity index (χ0) is 18.9. The monoisotopic (exact) mass is 389 g/mol. The van der Waals surface area contributed by atoms with Crippen LogP contribution in [0.4, 0.5) is 17.3 Å². The smallest absolute Gasteiger partial charge is 0.227 e. The lowest BCUT2D eigenvalue weighted by molar-refractivity contribution is 0.313. The van der Waals surface area contributed by atoms with E-state index in [4.69, 9.17) is 4.98 Å². The Morgan fingerprint density at radius 3 is 2.82 bits per heavy atom. The standard InChI is InChI=1S/C22H23N5S/c1-26-6-8-27(9-7-26)20-4-2-3-19(13-20)24-22-23-14-18-11-17(12-21(18)25-22)16-5-10-28-15-16/h2-5,10,12-15H,6-9,11H2,1H3,(H,23,24,25). The molecule has 5 rings (SSSR count). The molecule has 0 spiro atoms. The van der Waals surface area contributed by atoms with E-state index in [0.29, 0.717) is 5.95 Å². The highest BCUT2D eigenvalue weighted by Gasteiger charge is 2.17. The molecule has 0 radical (unpaired) electrons. The molecular weight excluding hydrogens is 366 g/mol. The van der Waals surface area contributed by atoms with Crippen molar-refractivity contribution in [2.45, 2.75) is 6.42 Å². The van der Waals surface area contributed by atoms with Crippen LogP contribution in [0.1, 0.15) is 16.8 Å². The van der Waals surface area contributed by atoms with Crippen molar-refractivity contribution in [3.05, 3.63) is 64.1 Å². The molecule has 5 nitrogen and oxygen atoms in total. The zero-order valence-corrected chi connectivity index (χ0v) is 16.7. The Labute approximate surface area is 169 Å². The normalized spacial score (nSPS) is 16.8. The molecule has 2 aliphatic rings. The van der Waals surface area contributed by atoms with Gasteiger partial charge in [0, 0.05) is 55.7 Å². The number of nitrogens with one attached hydrogen (secondary N) is 1. The van der Waals surface area contributed by atoms with E-state index in [9.17, 15) is 0 Å². The van der Waals surface area contributed by atoms with Gasteiger partial charge >= 0.3 is 0 Å². The third kappa shape index (κ3) is 3.53. The van der Waals surface area contributed by atoms with Crippen molar-refractivity contribution in [2.75, 3.05) is 43.4 Å². The van der Waals surface area contributed by atoms with Gasteiger partial charge in [0.05, 0.1) is 5.69 Å². The molecule has 6 heteroatoms. The number of fused-ring (bicyclic) bond motifs is 1. The number of likely N-dealkylation sites (N-methyl/N-ethyl adjacent to an activating group) is 1. The van der Waals surface area contributed by atoms with Crippen LogP contribution in [-0.2, 0) is 6.42 Å². The van der Waals surface area contributed by atoms with E-state index in [1.54, 1.807) is 11.3 Å². The summed E-state index contributed by atoms with van der Waals surface area (Å²) >= 11 is 1.73. The first-order valence-electron chi connectivity index (χ1n) is 9.64. The molecule has 0 unspecified atom stereocenters. The molecule has 1 fully saturated rings. The number of hydrogen-bond donors (Lipinski definition) is 1. The molecule has 1 aliphatic heterocycles. The SMILES string of the molecule is CN1CCN(c2cccc(Nc3ncc4c(n3)C=C(c3ccsc3)C4)c2)CC1. The Balaban J connectivity index is 1.34. The van der Waals surface area contributed by atoms with Gasteiger partial charge in [0.15, 0.2) is 0 Å². The molecule has 3 heterocycles. The molecule has 28 heavy (non-hydrogen) atoms. The summed E-state index contributed by atoms with van der Waals surface area (Å²) in [6.45, 7) is 4.33. The van der Waals surface area contributed by atoms with Gasteiger partial charge in [0.2, 0.25) is 5.95 Å². The van der Waals surface area contributed by atoms with E-state index >= 15 is 0 Å². The maximum absolute atomic E-state index is 4.75. The van der Waals surface area contributed by atoms with Crippen LogP contribution in [0.25, 0.3) is 11.6 Å². The Morgan fingerprint density at radius 2 is 2.00 bits per heavy atom. The quantitative estimate of drug-likeness (QED) is 0.727. The number of hydrogen-bond acceptors (Lipinski definition) is 6. The summed E-state index contributed by atoms with van der Waals surface area (Å²) in [6, 6.07) is 10.7. The second kappa shape index (κ2) is 7.37. The van der Waals surface area contributed by atoms with Crippen molar-refractivity contribution in [2.24, 2.45) is 0 Å². The summed E-state index contributed by atoms with van der Waals surface area (Å²) < 4.78 is 0. The fourth-order valence-electron chi connectivity index (χ4n) is 3.77. The summed E-state index contributed by atoms with van der Waals surface area (Å²) in [7, 11) is 2.18. The molecule has 1 aliphatic carbocycles. The van der Waals surface area contributed by atoms with Gasteiger partial charge in [-0.05, 0) is 59.3 Å². The maximum Gasteiger partial charge on any atom is 0.227 e. The molecule has 1 saturated heterocycles. The highest BCUT2D eigenvalue weighted by Crippen LogP contribution is 2.32. The second-order valence-electron chi connectivity index (χ2n) is 7.43. The molecule has 0 amide bonds. The maximum atomic E-state index is 4.75. The number of nitrogens with zero attached hydrogens (tertiary/aromatic N) is 4. The topological polar surface area (TPSA) is 44.3 Å². The van der Waals surface area contributed by atoms with Gasteiger partial charge < -0.3 is 15.1 Å². The number of thiophene rings is 1. The van der Waals surface area contributed by atoms with Crippen LogP contribution in [0.15, 0.2) is 47.3 Å². The fraction of sp³-hybridized carbons (Fsp3) is 0.273. The Hall–Kier alpha value is -2.70. The summed E-state index contributed by atoms with van der Waals surface area (Å²) in [5.41, 5.74) is 7.10. The predicted octanol–water partition coefficient (Wildman–Crippen LogP) is 4.13. The van der Waals surface area contributed by atoms with Crippen LogP contribution < -0.4 is 10.2 Å². The second-order valence-corrected chi connectivity index (χ2v) is 8.21. The highest BCUT2D eigenvalue weighted by atomic mass is 32.1. The Kier molecular flexibility index (Phi) is 4.58. The lowest BCUT2D eigenvalue weighted by Crippen LogP contribution is -2.44. The first kappa shape index (κ1) is 17.4. The van der Waals surface area contributed by atoms with Crippen LogP contribution in [-0.4, -0.2) is 48.1 Å². The van der Waals surface area contributed by atoms with Gasteiger partial charge in [-0.15, -0.1) is 0 Å². The van der Waals surface area contributed by atoms with Crippen molar-refractivity contribution in [3.63, 3.8) is 0 Å². The van der Waals surface area contributed by atoms with Gasteiger partial charge in [0.25, 0.3) is 0 Å². The van der Waals surface area contributed by atoms with Crippen molar-refractivity contribution < 1.29 is 0 Å². The minimum Gasteiger partial charge on any atom is -0.369 e.